The van der Waals surface area contributed by atoms with Crippen LogP contribution in [0.25, 0.3) is 0 Å². The van der Waals surface area contributed by atoms with Crippen LogP contribution < -0.4 is 15.5 Å². The van der Waals surface area contributed by atoms with Crippen molar-refractivity contribution < 1.29 is 4.39 Å². The fraction of sp³-hybridized carbons (Fsp3) is 0.125. The van der Waals surface area contributed by atoms with Crippen LogP contribution in [0.4, 0.5) is 16.2 Å². The van der Waals surface area contributed by atoms with Gasteiger partial charge in [0.25, 0.3) is 0 Å². The number of rotatable bonds is 6. The standard InChI is InChI=1S/C24H20FN7S2/c25-19-8-6-16(7-9-19)13-28-23(33)31-22-29-20(32-14-17-4-1-2-5-18(17)15-32)12-21(30-22)34-24-26-10-3-11-27-24/h1-12H,13-15H2,(H2,28,29,30,31,33). The van der Waals surface area contributed by atoms with Crippen LogP contribution in [-0.4, -0.2) is 25.0 Å². The summed E-state index contributed by atoms with van der Waals surface area (Å²) in [6.45, 7) is 1.99. The fourth-order valence-electron chi connectivity index (χ4n) is 3.54. The van der Waals surface area contributed by atoms with E-state index in [2.05, 4.69) is 54.8 Å². The molecule has 5 rings (SSSR count). The maximum atomic E-state index is 13.1. The summed E-state index contributed by atoms with van der Waals surface area (Å²) in [5.41, 5.74) is 3.48. The van der Waals surface area contributed by atoms with Gasteiger partial charge in [-0.05, 0) is 58.9 Å². The van der Waals surface area contributed by atoms with Gasteiger partial charge in [0, 0.05) is 38.1 Å². The molecule has 2 aromatic heterocycles. The third kappa shape index (κ3) is 5.46. The Morgan fingerprint density at radius 3 is 2.38 bits per heavy atom. The third-order valence-corrected chi connectivity index (χ3v) is 6.24. The molecule has 1 aliphatic heterocycles. The van der Waals surface area contributed by atoms with Gasteiger partial charge in [-0.1, -0.05) is 36.4 Å². The molecule has 7 nitrogen and oxygen atoms in total. The number of aromatic nitrogens is 4. The van der Waals surface area contributed by atoms with Crippen molar-refractivity contribution in [1.29, 1.82) is 0 Å². The van der Waals surface area contributed by atoms with Gasteiger partial charge in [-0.25, -0.2) is 19.3 Å². The second-order valence-corrected chi connectivity index (χ2v) is 8.98. The predicted octanol–water partition coefficient (Wildman–Crippen LogP) is 4.56. The highest BCUT2D eigenvalue weighted by atomic mass is 32.2. The number of hydrogen-bond acceptors (Lipinski definition) is 7. The zero-order valence-electron chi connectivity index (χ0n) is 18.0. The Morgan fingerprint density at radius 1 is 0.971 bits per heavy atom. The summed E-state index contributed by atoms with van der Waals surface area (Å²) < 4.78 is 13.1. The van der Waals surface area contributed by atoms with Gasteiger partial charge < -0.3 is 15.5 Å². The maximum Gasteiger partial charge on any atom is 0.232 e. The molecule has 2 aromatic carbocycles. The molecule has 170 valence electrons. The molecule has 0 amide bonds. The van der Waals surface area contributed by atoms with Crippen molar-refractivity contribution in [2.24, 2.45) is 0 Å². The smallest absolute Gasteiger partial charge is 0.232 e. The number of thiocarbonyl (C=S) groups is 1. The monoisotopic (exact) mass is 489 g/mol. The zero-order chi connectivity index (χ0) is 23.3. The Bertz CT molecular complexity index is 1280. The Hall–Kier alpha value is -3.63. The average molecular weight is 490 g/mol. The summed E-state index contributed by atoms with van der Waals surface area (Å²) in [6.07, 6.45) is 3.39. The molecule has 0 saturated carbocycles. The quantitative estimate of drug-likeness (QED) is 0.230. The Balaban J connectivity index is 1.34. The van der Waals surface area contributed by atoms with Crippen LogP contribution in [-0.2, 0) is 19.6 Å². The molecule has 34 heavy (non-hydrogen) atoms. The largest absolute Gasteiger partial charge is 0.358 e. The minimum atomic E-state index is -0.272. The average Bonchev–Trinajstić information content (AvgIpc) is 3.29. The Labute approximate surface area is 205 Å². The van der Waals surface area contributed by atoms with E-state index in [9.17, 15) is 4.39 Å². The van der Waals surface area contributed by atoms with Crippen molar-refractivity contribution in [3.63, 3.8) is 0 Å². The minimum absolute atomic E-state index is 0.272. The number of benzene rings is 2. The van der Waals surface area contributed by atoms with Crippen molar-refractivity contribution in [3.05, 3.63) is 95.6 Å². The molecule has 0 unspecified atom stereocenters. The molecule has 0 spiro atoms. The first-order valence-corrected chi connectivity index (χ1v) is 11.8. The van der Waals surface area contributed by atoms with E-state index in [4.69, 9.17) is 17.2 Å². The lowest BCUT2D eigenvalue weighted by Crippen LogP contribution is -2.29. The van der Waals surface area contributed by atoms with Gasteiger partial charge in [0.05, 0.1) is 0 Å². The number of hydrogen-bond donors (Lipinski definition) is 2. The molecule has 0 saturated heterocycles. The van der Waals surface area contributed by atoms with E-state index in [1.807, 2.05) is 6.07 Å². The lowest BCUT2D eigenvalue weighted by molar-refractivity contribution is 0.627. The topological polar surface area (TPSA) is 78.9 Å². The molecule has 10 heteroatoms. The molecular weight excluding hydrogens is 469 g/mol. The molecular formula is C24H20FN7S2. The molecule has 0 fully saturated rings. The van der Waals surface area contributed by atoms with Crippen LogP contribution in [0, 0.1) is 5.82 Å². The van der Waals surface area contributed by atoms with Crippen molar-refractivity contribution in [1.82, 2.24) is 25.3 Å². The van der Waals surface area contributed by atoms with Gasteiger partial charge in [-0.15, -0.1) is 0 Å². The maximum absolute atomic E-state index is 13.1. The first-order valence-electron chi connectivity index (χ1n) is 10.6. The van der Waals surface area contributed by atoms with Gasteiger partial charge in [0.15, 0.2) is 10.3 Å². The second kappa shape index (κ2) is 10.1. The molecule has 1 aliphatic rings. The SMILES string of the molecule is Fc1ccc(CNC(=S)Nc2nc(Sc3ncccn3)cc(N3Cc4ccccc4C3)n2)cc1. The molecule has 4 aromatic rings. The van der Waals surface area contributed by atoms with E-state index in [0.29, 0.717) is 27.8 Å². The van der Waals surface area contributed by atoms with E-state index >= 15 is 0 Å². The predicted molar refractivity (Wildman–Crippen MR) is 134 cm³/mol. The summed E-state index contributed by atoms with van der Waals surface area (Å²) in [4.78, 5) is 20.1. The first kappa shape index (κ1) is 22.2. The summed E-state index contributed by atoms with van der Waals surface area (Å²) in [7, 11) is 0. The number of nitrogens with zero attached hydrogens (tertiary/aromatic N) is 5. The molecule has 0 radical (unpaired) electrons. The van der Waals surface area contributed by atoms with E-state index in [-0.39, 0.29) is 5.82 Å². The normalized spacial score (nSPS) is 12.3. The van der Waals surface area contributed by atoms with E-state index < -0.39 is 0 Å². The number of halogens is 1. The third-order valence-electron chi connectivity index (χ3n) is 5.18. The van der Waals surface area contributed by atoms with Crippen LogP contribution in [0.5, 0.6) is 0 Å². The lowest BCUT2D eigenvalue weighted by Gasteiger charge is -2.18. The molecule has 0 aliphatic carbocycles. The Morgan fingerprint density at radius 2 is 1.68 bits per heavy atom. The van der Waals surface area contributed by atoms with Gasteiger partial charge in [-0.2, -0.15) is 4.98 Å². The highest BCUT2D eigenvalue weighted by Gasteiger charge is 2.21. The van der Waals surface area contributed by atoms with Crippen molar-refractivity contribution >= 4 is 40.9 Å². The highest BCUT2D eigenvalue weighted by Crippen LogP contribution is 2.31. The van der Waals surface area contributed by atoms with Crippen LogP contribution in [0.2, 0.25) is 0 Å². The fourth-order valence-corrected chi connectivity index (χ4v) is 4.41. The summed E-state index contributed by atoms with van der Waals surface area (Å²) in [6, 6.07) is 18.3. The van der Waals surface area contributed by atoms with Gasteiger partial charge in [0.1, 0.15) is 16.7 Å². The van der Waals surface area contributed by atoms with Crippen molar-refractivity contribution in [3.8, 4) is 0 Å². The summed E-state index contributed by atoms with van der Waals surface area (Å²) in [5, 5.41) is 7.86. The molecule has 0 atom stereocenters. The van der Waals surface area contributed by atoms with Gasteiger partial charge >= 0.3 is 0 Å². The van der Waals surface area contributed by atoms with Gasteiger partial charge in [-0.3, -0.25) is 0 Å². The summed E-state index contributed by atoms with van der Waals surface area (Å²) in [5.74, 6) is 0.892. The zero-order valence-corrected chi connectivity index (χ0v) is 19.6. The van der Waals surface area contributed by atoms with E-state index in [0.717, 1.165) is 24.5 Å². The van der Waals surface area contributed by atoms with E-state index in [1.165, 1.54) is 35.0 Å². The summed E-state index contributed by atoms with van der Waals surface area (Å²) >= 11 is 6.81. The highest BCUT2D eigenvalue weighted by molar-refractivity contribution is 7.99. The van der Waals surface area contributed by atoms with Crippen LogP contribution >= 0.6 is 24.0 Å². The first-order chi connectivity index (χ1) is 16.6. The van der Waals surface area contributed by atoms with Crippen LogP contribution in [0.1, 0.15) is 16.7 Å². The van der Waals surface area contributed by atoms with Crippen molar-refractivity contribution in [2.75, 3.05) is 10.2 Å². The Kier molecular flexibility index (Phi) is 6.59. The number of anilines is 2. The molecule has 2 N–H and O–H groups in total. The van der Waals surface area contributed by atoms with Crippen LogP contribution in [0.15, 0.2) is 83.2 Å². The minimum Gasteiger partial charge on any atom is -0.358 e. The second-order valence-electron chi connectivity index (χ2n) is 7.58. The van der Waals surface area contributed by atoms with Crippen LogP contribution in [0.3, 0.4) is 0 Å². The lowest BCUT2D eigenvalue weighted by atomic mass is 10.1. The van der Waals surface area contributed by atoms with E-state index in [1.54, 1.807) is 30.6 Å². The van der Waals surface area contributed by atoms with Gasteiger partial charge in [0.2, 0.25) is 5.95 Å². The molecule has 0 bridgehead atoms. The molecule has 3 heterocycles. The number of fused-ring (bicyclic) bond motifs is 1. The van der Waals surface area contributed by atoms with Crippen molar-refractivity contribution in [2.45, 2.75) is 29.8 Å². The number of nitrogens with one attached hydrogen (secondary N) is 2.